The van der Waals surface area contributed by atoms with Crippen LogP contribution < -0.4 is 10.6 Å². The van der Waals surface area contributed by atoms with Crippen LogP contribution in [0.15, 0.2) is 18.2 Å². The number of hydrogen-bond acceptors (Lipinski definition) is 3. The van der Waals surface area contributed by atoms with Crippen LogP contribution in [0, 0.1) is 29.0 Å². The van der Waals surface area contributed by atoms with E-state index >= 15 is 0 Å². The quantitative estimate of drug-likeness (QED) is 0.841. The minimum absolute atomic E-state index is 0.181. The number of nitrogens with one attached hydrogen (secondary N) is 2. The van der Waals surface area contributed by atoms with Gasteiger partial charge in [0.2, 0.25) is 0 Å². The van der Waals surface area contributed by atoms with Gasteiger partial charge in [-0.15, -0.1) is 0 Å². The SMILES string of the molecule is CC1CCCC(CNC(=O)C(=O)Nc2ccc(F)c(C#N)c2)C1. The van der Waals surface area contributed by atoms with Crippen LogP contribution in [0.4, 0.5) is 10.1 Å². The second kappa shape index (κ2) is 7.73. The Labute approximate surface area is 134 Å². The van der Waals surface area contributed by atoms with Crippen molar-refractivity contribution < 1.29 is 14.0 Å². The highest BCUT2D eigenvalue weighted by atomic mass is 19.1. The molecule has 1 fully saturated rings. The molecular formula is C17H20FN3O2. The Morgan fingerprint density at radius 1 is 1.35 bits per heavy atom. The number of nitriles is 1. The van der Waals surface area contributed by atoms with Crippen molar-refractivity contribution >= 4 is 17.5 Å². The van der Waals surface area contributed by atoms with E-state index in [1.54, 1.807) is 6.07 Å². The molecule has 0 radical (unpaired) electrons. The molecule has 1 aliphatic rings. The molecule has 6 heteroatoms. The summed E-state index contributed by atoms with van der Waals surface area (Å²) in [5, 5.41) is 13.8. The zero-order valence-electron chi connectivity index (χ0n) is 13.1. The minimum atomic E-state index is -0.815. The normalized spacial score (nSPS) is 20.4. The van der Waals surface area contributed by atoms with Crippen molar-refractivity contribution in [3.8, 4) is 6.07 Å². The molecule has 1 aromatic carbocycles. The second-order valence-electron chi connectivity index (χ2n) is 6.11. The lowest BCUT2D eigenvalue weighted by Gasteiger charge is -2.26. The molecule has 5 nitrogen and oxygen atoms in total. The number of benzene rings is 1. The average molecular weight is 317 g/mol. The molecule has 2 amide bonds. The van der Waals surface area contributed by atoms with Crippen LogP contribution in [-0.4, -0.2) is 18.4 Å². The lowest BCUT2D eigenvalue weighted by Crippen LogP contribution is -2.38. The number of nitrogens with zero attached hydrogens (tertiary/aromatic N) is 1. The van der Waals surface area contributed by atoms with E-state index in [-0.39, 0.29) is 11.3 Å². The smallest absolute Gasteiger partial charge is 0.313 e. The van der Waals surface area contributed by atoms with Crippen molar-refractivity contribution in [2.75, 3.05) is 11.9 Å². The van der Waals surface area contributed by atoms with Crippen molar-refractivity contribution in [1.29, 1.82) is 5.26 Å². The molecular weight excluding hydrogens is 297 g/mol. The molecule has 0 spiro atoms. The molecule has 0 heterocycles. The number of rotatable bonds is 3. The molecule has 1 aromatic rings. The van der Waals surface area contributed by atoms with E-state index in [1.807, 2.05) is 0 Å². The first kappa shape index (κ1) is 16.9. The van der Waals surface area contributed by atoms with E-state index in [2.05, 4.69) is 17.6 Å². The summed E-state index contributed by atoms with van der Waals surface area (Å²) in [6, 6.07) is 5.27. The lowest BCUT2D eigenvalue weighted by atomic mass is 9.82. The number of amides is 2. The highest BCUT2D eigenvalue weighted by molar-refractivity contribution is 6.39. The Kier molecular flexibility index (Phi) is 5.69. The van der Waals surface area contributed by atoms with Gasteiger partial charge in [-0.05, 0) is 42.9 Å². The standard InChI is InChI=1S/C17H20FN3O2/c1-11-3-2-4-12(7-11)10-20-16(22)17(23)21-14-5-6-15(18)13(8-14)9-19/h5-6,8,11-12H,2-4,7,10H2,1H3,(H,20,22)(H,21,23). The van der Waals surface area contributed by atoms with Crippen LogP contribution in [0.1, 0.15) is 38.2 Å². The summed E-state index contributed by atoms with van der Waals surface area (Å²) < 4.78 is 13.2. The van der Waals surface area contributed by atoms with Crippen LogP contribution in [-0.2, 0) is 9.59 Å². The van der Waals surface area contributed by atoms with E-state index in [1.165, 1.54) is 18.6 Å². The summed E-state index contributed by atoms with van der Waals surface area (Å²) in [5.74, 6) is -1.13. The van der Waals surface area contributed by atoms with Crippen LogP contribution in [0.3, 0.4) is 0 Å². The summed E-state index contributed by atoms with van der Waals surface area (Å²) in [4.78, 5) is 23.7. The van der Waals surface area contributed by atoms with Crippen LogP contribution >= 0.6 is 0 Å². The van der Waals surface area contributed by atoms with Gasteiger partial charge in [-0.25, -0.2) is 4.39 Å². The number of carbonyl (C=O) groups excluding carboxylic acids is 2. The molecule has 2 atom stereocenters. The van der Waals surface area contributed by atoms with Crippen molar-refractivity contribution in [2.45, 2.75) is 32.6 Å². The van der Waals surface area contributed by atoms with Crippen LogP contribution in [0.5, 0.6) is 0 Å². The van der Waals surface area contributed by atoms with Gasteiger partial charge in [-0.2, -0.15) is 5.26 Å². The molecule has 0 aliphatic heterocycles. The maximum absolute atomic E-state index is 13.2. The van der Waals surface area contributed by atoms with Crippen molar-refractivity contribution in [2.24, 2.45) is 11.8 Å². The molecule has 2 rings (SSSR count). The van der Waals surface area contributed by atoms with E-state index in [0.717, 1.165) is 25.3 Å². The average Bonchev–Trinajstić information content (AvgIpc) is 2.54. The molecule has 2 N–H and O–H groups in total. The molecule has 23 heavy (non-hydrogen) atoms. The topological polar surface area (TPSA) is 82.0 Å². The van der Waals surface area contributed by atoms with E-state index < -0.39 is 17.6 Å². The van der Waals surface area contributed by atoms with E-state index in [0.29, 0.717) is 18.4 Å². The van der Waals surface area contributed by atoms with Gasteiger partial charge in [0.05, 0.1) is 5.56 Å². The summed E-state index contributed by atoms with van der Waals surface area (Å²) in [6.07, 6.45) is 4.50. The lowest BCUT2D eigenvalue weighted by molar-refractivity contribution is -0.136. The maximum atomic E-state index is 13.2. The molecule has 2 unspecified atom stereocenters. The fraction of sp³-hybridized carbons (Fsp3) is 0.471. The van der Waals surface area contributed by atoms with Crippen LogP contribution in [0.25, 0.3) is 0 Å². The highest BCUT2D eigenvalue weighted by Gasteiger charge is 2.21. The minimum Gasteiger partial charge on any atom is -0.348 e. The first-order valence-electron chi connectivity index (χ1n) is 7.78. The third-order valence-corrected chi connectivity index (χ3v) is 4.15. The van der Waals surface area contributed by atoms with E-state index in [4.69, 9.17) is 5.26 Å². The number of anilines is 1. The van der Waals surface area contributed by atoms with Gasteiger partial charge in [-0.1, -0.05) is 19.8 Å². The maximum Gasteiger partial charge on any atom is 0.313 e. The fourth-order valence-electron chi connectivity index (χ4n) is 2.94. The van der Waals surface area contributed by atoms with Gasteiger partial charge in [0.1, 0.15) is 11.9 Å². The van der Waals surface area contributed by atoms with Gasteiger partial charge in [-0.3, -0.25) is 9.59 Å². The first-order chi connectivity index (χ1) is 11.0. The van der Waals surface area contributed by atoms with Crippen LogP contribution in [0.2, 0.25) is 0 Å². The molecule has 1 saturated carbocycles. The zero-order chi connectivity index (χ0) is 16.8. The Balaban J connectivity index is 1.85. The number of hydrogen-bond donors (Lipinski definition) is 2. The highest BCUT2D eigenvalue weighted by Crippen LogP contribution is 2.27. The largest absolute Gasteiger partial charge is 0.348 e. The Hall–Kier alpha value is -2.42. The summed E-state index contributed by atoms with van der Waals surface area (Å²) in [7, 11) is 0. The predicted octanol–water partition coefficient (Wildman–Crippen LogP) is 2.58. The van der Waals surface area contributed by atoms with Gasteiger partial charge in [0.25, 0.3) is 0 Å². The number of halogens is 1. The van der Waals surface area contributed by atoms with Gasteiger partial charge >= 0.3 is 11.8 Å². The van der Waals surface area contributed by atoms with Gasteiger partial charge in [0, 0.05) is 12.2 Å². The predicted molar refractivity (Wildman–Crippen MR) is 83.9 cm³/mol. The fourth-order valence-corrected chi connectivity index (χ4v) is 2.94. The first-order valence-corrected chi connectivity index (χ1v) is 7.78. The third kappa shape index (κ3) is 4.78. The molecule has 1 aliphatic carbocycles. The third-order valence-electron chi connectivity index (χ3n) is 4.15. The Morgan fingerprint density at radius 2 is 2.13 bits per heavy atom. The summed E-state index contributed by atoms with van der Waals surface area (Å²) in [5.41, 5.74) is 0.0359. The Bertz CT molecular complexity index is 639. The zero-order valence-corrected chi connectivity index (χ0v) is 13.1. The molecule has 0 aromatic heterocycles. The van der Waals surface area contributed by atoms with Crippen molar-refractivity contribution in [3.05, 3.63) is 29.6 Å². The monoisotopic (exact) mass is 317 g/mol. The summed E-state index contributed by atoms with van der Waals surface area (Å²) >= 11 is 0. The summed E-state index contributed by atoms with van der Waals surface area (Å²) in [6.45, 7) is 2.69. The van der Waals surface area contributed by atoms with Crippen molar-refractivity contribution in [1.82, 2.24) is 5.32 Å². The van der Waals surface area contributed by atoms with Gasteiger partial charge in [0.15, 0.2) is 0 Å². The number of carbonyl (C=O) groups is 2. The second-order valence-corrected chi connectivity index (χ2v) is 6.11. The molecule has 0 saturated heterocycles. The molecule has 122 valence electrons. The van der Waals surface area contributed by atoms with Crippen molar-refractivity contribution in [3.63, 3.8) is 0 Å². The van der Waals surface area contributed by atoms with Gasteiger partial charge < -0.3 is 10.6 Å². The van der Waals surface area contributed by atoms with E-state index in [9.17, 15) is 14.0 Å². The molecule has 0 bridgehead atoms. The Morgan fingerprint density at radius 3 is 2.83 bits per heavy atom.